The van der Waals surface area contributed by atoms with Gasteiger partial charge in [-0.15, -0.1) is 0 Å². The maximum Gasteiger partial charge on any atom is 0.417 e. The van der Waals surface area contributed by atoms with E-state index in [1.165, 1.54) is 37.3 Å². The summed E-state index contributed by atoms with van der Waals surface area (Å²) < 4.78 is 64.2. The van der Waals surface area contributed by atoms with Crippen LogP contribution in [0.1, 0.15) is 21.5 Å². The third-order valence-electron chi connectivity index (χ3n) is 5.30. The number of piperazine rings is 1. The van der Waals surface area contributed by atoms with Gasteiger partial charge in [0.05, 0.1) is 37.0 Å². The summed E-state index contributed by atoms with van der Waals surface area (Å²) in [6.07, 6.45) is -4.66. The number of benzene rings is 2. The molecule has 0 N–H and O–H groups in total. The van der Waals surface area contributed by atoms with Crippen molar-refractivity contribution in [1.82, 2.24) is 4.90 Å². The molecule has 1 aliphatic rings. The van der Waals surface area contributed by atoms with Crippen LogP contribution >= 0.6 is 0 Å². The number of carbonyl (C=O) groups excluding carboxylic acids is 1. The quantitative estimate of drug-likeness (QED) is 0.649. The molecule has 1 saturated heterocycles. The van der Waals surface area contributed by atoms with Gasteiger partial charge in [-0.05, 0) is 36.4 Å². The molecule has 1 amide bonds. The molecule has 3 rings (SSSR count). The highest BCUT2D eigenvalue weighted by atomic mass is 19.4. The van der Waals surface area contributed by atoms with Crippen molar-refractivity contribution in [3.63, 3.8) is 0 Å². The summed E-state index contributed by atoms with van der Waals surface area (Å²) in [5, 5.41) is 8.99. The van der Waals surface area contributed by atoms with Crippen LogP contribution in [0, 0.1) is 17.1 Å². The standard InChI is InChI=1S/C22H21F4N3O3/c1-31-13-17-12-28(16-5-3-15(11-27)18(10-16)22(24,25)26)7-8-29(17)21(30)14-4-6-20(32-2)19(23)9-14/h3-6,9-10,17H,7-8,12-13H2,1-2H3. The number of halogens is 4. The Labute approximate surface area is 182 Å². The number of alkyl halides is 3. The lowest BCUT2D eigenvalue weighted by Gasteiger charge is -2.42. The minimum Gasteiger partial charge on any atom is -0.494 e. The number of methoxy groups -OCH3 is 2. The molecule has 0 aromatic heterocycles. The van der Waals surface area contributed by atoms with E-state index < -0.39 is 35.1 Å². The largest absolute Gasteiger partial charge is 0.494 e. The van der Waals surface area contributed by atoms with Gasteiger partial charge in [-0.3, -0.25) is 4.79 Å². The SMILES string of the molecule is COCC1CN(c2ccc(C#N)c(C(F)(F)F)c2)CCN1C(=O)c1ccc(OC)c(F)c1. The lowest BCUT2D eigenvalue weighted by atomic mass is 10.0. The lowest BCUT2D eigenvalue weighted by Crippen LogP contribution is -2.57. The number of hydrogen-bond acceptors (Lipinski definition) is 5. The second-order valence-corrected chi connectivity index (χ2v) is 7.24. The predicted molar refractivity (Wildman–Crippen MR) is 108 cm³/mol. The molecule has 0 radical (unpaired) electrons. The van der Waals surface area contributed by atoms with Crippen molar-refractivity contribution in [3.05, 3.63) is 58.9 Å². The number of ether oxygens (including phenoxy) is 2. The first kappa shape index (κ1) is 23.3. The number of carbonyl (C=O) groups is 1. The smallest absolute Gasteiger partial charge is 0.417 e. The molecule has 1 unspecified atom stereocenters. The molecule has 32 heavy (non-hydrogen) atoms. The first-order chi connectivity index (χ1) is 15.2. The van der Waals surface area contributed by atoms with E-state index in [-0.39, 0.29) is 37.6 Å². The predicted octanol–water partition coefficient (Wildman–Crippen LogP) is 3.70. The fraction of sp³-hybridized carbons (Fsp3) is 0.364. The van der Waals surface area contributed by atoms with Crippen molar-refractivity contribution in [2.45, 2.75) is 12.2 Å². The molecule has 0 spiro atoms. The number of amides is 1. The first-order valence-electron chi connectivity index (χ1n) is 9.69. The Bertz CT molecular complexity index is 1040. The highest BCUT2D eigenvalue weighted by Crippen LogP contribution is 2.35. The van der Waals surface area contributed by atoms with E-state index in [1.54, 1.807) is 11.0 Å². The van der Waals surface area contributed by atoms with Crippen molar-refractivity contribution in [2.75, 3.05) is 45.4 Å². The maximum absolute atomic E-state index is 14.1. The summed E-state index contributed by atoms with van der Waals surface area (Å²) in [5.74, 6) is -1.07. The van der Waals surface area contributed by atoms with Crippen molar-refractivity contribution >= 4 is 11.6 Å². The lowest BCUT2D eigenvalue weighted by molar-refractivity contribution is -0.137. The topological polar surface area (TPSA) is 65.8 Å². The number of anilines is 1. The fourth-order valence-electron chi connectivity index (χ4n) is 3.72. The molecule has 2 aromatic carbocycles. The molecule has 0 bridgehead atoms. The highest BCUT2D eigenvalue weighted by molar-refractivity contribution is 5.94. The second kappa shape index (κ2) is 9.44. The van der Waals surface area contributed by atoms with Crippen molar-refractivity contribution < 1.29 is 31.8 Å². The van der Waals surface area contributed by atoms with E-state index in [9.17, 15) is 22.4 Å². The average molecular weight is 451 g/mol. The third-order valence-corrected chi connectivity index (χ3v) is 5.30. The number of nitriles is 1. The van der Waals surface area contributed by atoms with Crippen LogP contribution in [0.2, 0.25) is 0 Å². The van der Waals surface area contributed by atoms with Crippen molar-refractivity contribution in [1.29, 1.82) is 5.26 Å². The Morgan fingerprint density at radius 1 is 1.19 bits per heavy atom. The third kappa shape index (κ3) is 4.78. The first-order valence-corrected chi connectivity index (χ1v) is 9.69. The monoisotopic (exact) mass is 451 g/mol. The molecule has 1 aliphatic heterocycles. The van der Waals surface area contributed by atoms with Gasteiger partial charge in [0.25, 0.3) is 5.91 Å². The van der Waals surface area contributed by atoms with Crippen molar-refractivity contribution in [3.8, 4) is 11.8 Å². The van der Waals surface area contributed by atoms with Gasteiger partial charge in [0, 0.05) is 38.0 Å². The van der Waals surface area contributed by atoms with E-state index in [2.05, 4.69) is 0 Å². The number of hydrogen-bond donors (Lipinski definition) is 0. The molecular formula is C22H21F4N3O3. The normalized spacial score (nSPS) is 16.6. The van der Waals surface area contributed by atoms with Crippen LogP contribution in [0.4, 0.5) is 23.2 Å². The Morgan fingerprint density at radius 2 is 1.94 bits per heavy atom. The van der Waals surface area contributed by atoms with Crippen LogP contribution in [-0.2, 0) is 10.9 Å². The highest BCUT2D eigenvalue weighted by Gasteiger charge is 2.36. The molecule has 1 fully saturated rings. The summed E-state index contributed by atoms with van der Waals surface area (Å²) in [6, 6.07) is 8.53. The number of rotatable bonds is 5. The van der Waals surface area contributed by atoms with Gasteiger partial charge in [-0.25, -0.2) is 4.39 Å². The van der Waals surface area contributed by atoms with Gasteiger partial charge in [0.1, 0.15) is 0 Å². The summed E-state index contributed by atoms with van der Waals surface area (Å²) in [7, 11) is 2.78. The van der Waals surface area contributed by atoms with E-state index in [0.29, 0.717) is 5.69 Å². The van der Waals surface area contributed by atoms with Gasteiger partial charge in [0.15, 0.2) is 11.6 Å². The zero-order valence-corrected chi connectivity index (χ0v) is 17.4. The summed E-state index contributed by atoms with van der Waals surface area (Å²) in [6.45, 7) is 0.806. The van der Waals surface area contributed by atoms with E-state index in [4.69, 9.17) is 14.7 Å². The summed E-state index contributed by atoms with van der Waals surface area (Å²) in [5.41, 5.74) is -1.03. The van der Waals surface area contributed by atoms with Crippen LogP contribution in [-0.4, -0.2) is 57.3 Å². The average Bonchev–Trinajstić information content (AvgIpc) is 2.77. The van der Waals surface area contributed by atoms with E-state index in [1.807, 2.05) is 0 Å². The Balaban J connectivity index is 1.85. The minimum absolute atomic E-state index is 0.0149. The molecule has 10 heteroatoms. The number of nitrogens with zero attached hydrogens (tertiary/aromatic N) is 3. The molecule has 6 nitrogen and oxygen atoms in total. The van der Waals surface area contributed by atoms with Crippen LogP contribution in [0.25, 0.3) is 0 Å². The Morgan fingerprint density at radius 3 is 2.53 bits per heavy atom. The van der Waals surface area contributed by atoms with Gasteiger partial charge in [-0.2, -0.15) is 18.4 Å². The van der Waals surface area contributed by atoms with Gasteiger partial charge < -0.3 is 19.3 Å². The molecule has 170 valence electrons. The molecule has 1 atom stereocenters. The van der Waals surface area contributed by atoms with Gasteiger partial charge in [-0.1, -0.05) is 0 Å². The van der Waals surface area contributed by atoms with Crippen LogP contribution in [0.5, 0.6) is 5.75 Å². The van der Waals surface area contributed by atoms with E-state index in [0.717, 1.165) is 18.2 Å². The van der Waals surface area contributed by atoms with Gasteiger partial charge in [0.2, 0.25) is 0 Å². The zero-order valence-electron chi connectivity index (χ0n) is 17.4. The molecule has 2 aromatic rings. The van der Waals surface area contributed by atoms with Crippen molar-refractivity contribution in [2.24, 2.45) is 0 Å². The van der Waals surface area contributed by atoms with Crippen LogP contribution in [0.15, 0.2) is 36.4 Å². The van der Waals surface area contributed by atoms with Crippen LogP contribution < -0.4 is 9.64 Å². The second-order valence-electron chi connectivity index (χ2n) is 7.24. The maximum atomic E-state index is 14.1. The molecule has 0 saturated carbocycles. The Kier molecular flexibility index (Phi) is 6.89. The summed E-state index contributed by atoms with van der Waals surface area (Å²) >= 11 is 0. The Hall–Kier alpha value is -3.32. The van der Waals surface area contributed by atoms with E-state index >= 15 is 0 Å². The summed E-state index contributed by atoms with van der Waals surface area (Å²) in [4.78, 5) is 16.2. The van der Waals surface area contributed by atoms with Crippen LogP contribution in [0.3, 0.4) is 0 Å². The molecular weight excluding hydrogens is 430 g/mol. The fourth-order valence-corrected chi connectivity index (χ4v) is 3.72. The zero-order chi connectivity index (χ0) is 23.5. The van der Waals surface area contributed by atoms with Gasteiger partial charge >= 0.3 is 6.18 Å². The molecule has 0 aliphatic carbocycles. The minimum atomic E-state index is -4.66. The molecule has 1 heterocycles.